The highest BCUT2D eigenvalue weighted by atomic mass is 19.4. The van der Waals surface area contributed by atoms with Crippen LogP contribution in [0.2, 0.25) is 0 Å². The van der Waals surface area contributed by atoms with E-state index in [-0.39, 0.29) is 13.0 Å². The predicted molar refractivity (Wildman–Crippen MR) is 42.8 cm³/mol. The van der Waals surface area contributed by atoms with E-state index in [9.17, 15) is 22.4 Å². The summed E-state index contributed by atoms with van der Waals surface area (Å²) in [5.74, 6) is -1.22. The molecule has 0 radical (unpaired) electrons. The van der Waals surface area contributed by atoms with Crippen molar-refractivity contribution < 1.29 is 31.8 Å². The molecule has 15 heavy (non-hydrogen) atoms. The lowest BCUT2D eigenvalue weighted by Crippen LogP contribution is -2.23. The number of halogens is 4. The summed E-state index contributed by atoms with van der Waals surface area (Å²) in [5.41, 5.74) is 0. The topological polar surface area (TPSA) is 35.5 Å². The molecule has 0 aliphatic heterocycles. The van der Waals surface area contributed by atoms with Crippen molar-refractivity contribution in [2.24, 2.45) is 0 Å². The van der Waals surface area contributed by atoms with E-state index in [1.54, 1.807) is 0 Å². The molecule has 0 aromatic rings. The normalized spacial score (nSPS) is 13.7. The molecule has 0 aliphatic carbocycles. The molecule has 0 rings (SSSR count). The maximum absolute atomic E-state index is 12.6. The van der Waals surface area contributed by atoms with Crippen LogP contribution in [0.5, 0.6) is 0 Å². The van der Waals surface area contributed by atoms with E-state index in [1.807, 2.05) is 0 Å². The number of hydrogen-bond acceptors (Lipinski definition) is 3. The highest BCUT2D eigenvalue weighted by Gasteiger charge is 2.27. The zero-order valence-electron chi connectivity index (χ0n) is 8.14. The third-order valence-corrected chi connectivity index (χ3v) is 1.34. The van der Waals surface area contributed by atoms with Crippen LogP contribution in [0.15, 0.2) is 0 Å². The maximum Gasteiger partial charge on any atom is 0.389 e. The number of rotatable bonds is 6. The van der Waals surface area contributed by atoms with E-state index < -0.39 is 31.5 Å². The first-order valence-electron chi connectivity index (χ1n) is 4.36. The number of carbonyl (C=O) groups is 1. The van der Waals surface area contributed by atoms with Crippen molar-refractivity contribution in [1.82, 2.24) is 0 Å². The molecule has 0 saturated carbocycles. The number of ether oxygens (including phenoxy) is 2. The summed E-state index contributed by atoms with van der Waals surface area (Å²) < 4.78 is 55.9. The zero-order valence-corrected chi connectivity index (χ0v) is 8.14. The van der Waals surface area contributed by atoms with Crippen molar-refractivity contribution >= 4 is 5.97 Å². The van der Waals surface area contributed by atoms with Gasteiger partial charge >= 0.3 is 12.1 Å². The fraction of sp³-hybridized carbons (Fsp3) is 0.875. The molecule has 0 aliphatic rings. The third kappa shape index (κ3) is 8.17. The van der Waals surface area contributed by atoms with E-state index in [0.29, 0.717) is 0 Å². The van der Waals surface area contributed by atoms with Gasteiger partial charge in [-0.2, -0.15) is 13.2 Å². The highest BCUT2D eigenvalue weighted by molar-refractivity contribution is 5.72. The summed E-state index contributed by atoms with van der Waals surface area (Å²) in [4.78, 5) is 10.6. The Bertz CT molecular complexity index is 193. The van der Waals surface area contributed by atoms with Gasteiger partial charge in [-0.25, -0.2) is 9.18 Å². The summed E-state index contributed by atoms with van der Waals surface area (Å²) in [5, 5.41) is 0. The average molecular weight is 232 g/mol. The molecule has 3 nitrogen and oxygen atoms in total. The van der Waals surface area contributed by atoms with E-state index in [4.69, 9.17) is 0 Å². The summed E-state index contributed by atoms with van der Waals surface area (Å²) in [7, 11) is 0. The van der Waals surface area contributed by atoms with Gasteiger partial charge in [0, 0.05) is 6.42 Å². The molecule has 1 atom stereocenters. The lowest BCUT2D eigenvalue weighted by molar-refractivity contribution is -0.171. The van der Waals surface area contributed by atoms with Gasteiger partial charge in [-0.15, -0.1) is 0 Å². The highest BCUT2D eigenvalue weighted by Crippen LogP contribution is 2.21. The standard InChI is InChI=1S/C8H12F4O3/c1-2-14-7(13)6(9)15-5-3-4-8(10,11)12/h6H,2-5H2,1H3. The van der Waals surface area contributed by atoms with Crippen LogP contribution in [0.3, 0.4) is 0 Å². The summed E-state index contributed by atoms with van der Waals surface area (Å²) in [6.07, 6.45) is -8.05. The maximum atomic E-state index is 12.6. The molecule has 0 saturated heterocycles. The van der Waals surface area contributed by atoms with Crippen LogP contribution in [-0.4, -0.2) is 31.7 Å². The first-order valence-corrected chi connectivity index (χ1v) is 4.36. The van der Waals surface area contributed by atoms with Gasteiger partial charge in [0.05, 0.1) is 13.2 Å². The molecule has 0 spiro atoms. The van der Waals surface area contributed by atoms with Crippen molar-refractivity contribution in [3.05, 3.63) is 0 Å². The molecule has 0 amide bonds. The molecule has 0 aromatic heterocycles. The largest absolute Gasteiger partial charge is 0.462 e. The van der Waals surface area contributed by atoms with Crippen LogP contribution in [0, 0.1) is 0 Å². The van der Waals surface area contributed by atoms with Gasteiger partial charge in [0.25, 0.3) is 6.36 Å². The van der Waals surface area contributed by atoms with Crippen molar-refractivity contribution in [3.63, 3.8) is 0 Å². The second-order valence-electron chi connectivity index (χ2n) is 2.66. The predicted octanol–water partition coefficient (Wildman–Crippen LogP) is 2.20. The quantitative estimate of drug-likeness (QED) is 0.400. The van der Waals surface area contributed by atoms with Gasteiger partial charge in [0.2, 0.25) is 0 Å². The molecule has 0 fully saturated rings. The van der Waals surface area contributed by atoms with E-state index >= 15 is 0 Å². The smallest absolute Gasteiger partial charge is 0.389 e. The van der Waals surface area contributed by atoms with Crippen LogP contribution < -0.4 is 0 Å². The minimum Gasteiger partial charge on any atom is -0.462 e. The number of alkyl halides is 4. The molecular formula is C8H12F4O3. The third-order valence-electron chi connectivity index (χ3n) is 1.34. The second-order valence-corrected chi connectivity index (χ2v) is 2.66. The minimum atomic E-state index is -4.29. The Morgan fingerprint density at radius 3 is 2.47 bits per heavy atom. The van der Waals surface area contributed by atoms with Crippen LogP contribution in [-0.2, 0) is 14.3 Å². The Labute approximate surface area is 84.3 Å². The summed E-state index contributed by atoms with van der Waals surface area (Å²) >= 11 is 0. The van der Waals surface area contributed by atoms with Gasteiger partial charge in [-0.05, 0) is 13.3 Å². The lowest BCUT2D eigenvalue weighted by atomic mass is 10.3. The molecule has 7 heteroatoms. The monoisotopic (exact) mass is 232 g/mol. The number of esters is 1. The Morgan fingerprint density at radius 2 is 2.00 bits per heavy atom. The Hall–Kier alpha value is -0.850. The first kappa shape index (κ1) is 14.2. The van der Waals surface area contributed by atoms with Gasteiger partial charge in [-0.3, -0.25) is 0 Å². The van der Waals surface area contributed by atoms with Crippen LogP contribution in [0.25, 0.3) is 0 Å². The van der Waals surface area contributed by atoms with Crippen molar-refractivity contribution in [2.45, 2.75) is 32.3 Å². The van der Waals surface area contributed by atoms with Crippen LogP contribution in [0.4, 0.5) is 17.6 Å². The Kier molecular flexibility index (Phi) is 6.23. The van der Waals surface area contributed by atoms with E-state index in [0.717, 1.165) is 0 Å². The van der Waals surface area contributed by atoms with Gasteiger partial charge < -0.3 is 9.47 Å². The minimum absolute atomic E-state index is 0.00877. The average Bonchev–Trinajstić information content (AvgIpc) is 2.11. The number of hydrogen-bond donors (Lipinski definition) is 0. The van der Waals surface area contributed by atoms with Gasteiger partial charge in [0.15, 0.2) is 0 Å². The van der Waals surface area contributed by atoms with Crippen LogP contribution in [0.1, 0.15) is 19.8 Å². The summed E-state index contributed by atoms with van der Waals surface area (Å²) in [6.45, 7) is 0.999. The molecule has 0 heterocycles. The second kappa shape index (κ2) is 6.60. The molecule has 0 bridgehead atoms. The SMILES string of the molecule is CCOC(=O)C(F)OCCCC(F)(F)F. The summed E-state index contributed by atoms with van der Waals surface area (Å²) in [6, 6.07) is 0. The number of carbonyl (C=O) groups excluding carboxylic acids is 1. The van der Waals surface area contributed by atoms with Crippen molar-refractivity contribution in [1.29, 1.82) is 0 Å². The molecule has 0 aromatic carbocycles. The lowest BCUT2D eigenvalue weighted by Gasteiger charge is -2.09. The molecule has 0 N–H and O–H groups in total. The van der Waals surface area contributed by atoms with E-state index in [2.05, 4.69) is 9.47 Å². The van der Waals surface area contributed by atoms with E-state index in [1.165, 1.54) is 6.92 Å². The fourth-order valence-electron chi connectivity index (χ4n) is 0.735. The van der Waals surface area contributed by atoms with Gasteiger partial charge in [-0.1, -0.05) is 0 Å². The molecule has 90 valence electrons. The fourth-order valence-corrected chi connectivity index (χ4v) is 0.735. The zero-order chi connectivity index (χ0) is 11.9. The first-order chi connectivity index (χ1) is 6.87. The van der Waals surface area contributed by atoms with Crippen molar-refractivity contribution in [2.75, 3.05) is 13.2 Å². The Morgan fingerprint density at radius 1 is 1.40 bits per heavy atom. The van der Waals surface area contributed by atoms with Crippen LogP contribution >= 0.6 is 0 Å². The molecule has 1 unspecified atom stereocenters. The van der Waals surface area contributed by atoms with Crippen molar-refractivity contribution in [3.8, 4) is 0 Å². The Balaban J connectivity index is 3.55. The van der Waals surface area contributed by atoms with Gasteiger partial charge in [0.1, 0.15) is 0 Å². The molecular weight excluding hydrogens is 220 g/mol.